The lowest BCUT2D eigenvalue weighted by molar-refractivity contribution is 0.0905. The lowest BCUT2D eigenvalue weighted by Crippen LogP contribution is -2.26. The number of hydrogen-bond donors (Lipinski definition) is 1. The Balaban J connectivity index is 1.46. The van der Waals surface area contributed by atoms with Gasteiger partial charge in [-0.15, -0.1) is 0 Å². The summed E-state index contributed by atoms with van der Waals surface area (Å²) in [7, 11) is 0. The maximum Gasteiger partial charge on any atom is 0.287 e. The topological polar surface area (TPSA) is 77.4 Å². The summed E-state index contributed by atoms with van der Waals surface area (Å²) in [5.41, 5.74) is 0.653. The molecular formula is C21H18N2O4. The van der Waals surface area contributed by atoms with E-state index in [4.69, 9.17) is 8.83 Å². The van der Waals surface area contributed by atoms with Crippen LogP contribution < -0.4 is 10.9 Å². The second-order valence-corrected chi connectivity index (χ2v) is 6.31. The first-order valence-electron chi connectivity index (χ1n) is 8.64. The molecule has 3 aromatic heterocycles. The van der Waals surface area contributed by atoms with Crippen molar-refractivity contribution in [2.75, 3.05) is 0 Å². The van der Waals surface area contributed by atoms with Gasteiger partial charge < -0.3 is 18.7 Å². The first-order valence-corrected chi connectivity index (χ1v) is 8.64. The van der Waals surface area contributed by atoms with E-state index in [0.717, 1.165) is 11.0 Å². The minimum atomic E-state index is -0.338. The molecule has 0 aliphatic heterocycles. The summed E-state index contributed by atoms with van der Waals surface area (Å²) in [5, 5.41) is 3.86. The van der Waals surface area contributed by atoms with Gasteiger partial charge >= 0.3 is 0 Å². The Morgan fingerprint density at radius 1 is 1.07 bits per heavy atom. The van der Waals surface area contributed by atoms with Crippen molar-refractivity contribution in [1.82, 2.24) is 9.88 Å². The van der Waals surface area contributed by atoms with E-state index in [0.29, 0.717) is 11.5 Å². The summed E-state index contributed by atoms with van der Waals surface area (Å²) in [5.74, 6) is 1.06. The number of aromatic nitrogens is 1. The summed E-state index contributed by atoms with van der Waals surface area (Å²) >= 11 is 0. The Morgan fingerprint density at radius 2 is 1.89 bits per heavy atom. The van der Waals surface area contributed by atoms with Crippen molar-refractivity contribution in [2.45, 2.75) is 19.5 Å². The molecular weight excluding hydrogens is 344 g/mol. The van der Waals surface area contributed by atoms with Crippen molar-refractivity contribution >= 4 is 16.9 Å². The highest BCUT2D eigenvalue weighted by Gasteiger charge is 2.18. The normalized spacial score (nSPS) is 12.2. The van der Waals surface area contributed by atoms with Gasteiger partial charge in [-0.3, -0.25) is 9.59 Å². The van der Waals surface area contributed by atoms with E-state index in [9.17, 15) is 9.59 Å². The van der Waals surface area contributed by atoms with Gasteiger partial charge in [0.15, 0.2) is 5.76 Å². The quantitative estimate of drug-likeness (QED) is 0.587. The molecule has 1 atom stereocenters. The zero-order chi connectivity index (χ0) is 18.8. The van der Waals surface area contributed by atoms with Crippen LogP contribution in [0.4, 0.5) is 0 Å². The van der Waals surface area contributed by atoms with Crippen molar-refractivity contribution in [1.29, 1.82) is 0 Å². The summed E-state index contributed by atoms with van der Waals surface area (Å²) in [6.45, 7) is 2.12. The molecule has 1 amide bonds. The number of para-hydroxylation sites is 1. The fourth-order valence-electron chi connectivity index (χ4n) is 2.90. The Hall–Kier alpha value is -3.54. The number of fused-ring (bicyclic) bond motifs is 1. The van der Waals surface area contributed by atoms with Crippen molar-refractivity contribution in [3.63, 3.8) is 0 Å². The fourth-order valence-corrected chi connectivity index (χ4v) is 2.90. The largest absolute Gasteiger partial charge is 0.459 e. The SMILES string of the molecule is CC(NC(=O)c1ccc(Cn2ccccc2=O)o1)c1cc2ccccc2o1. The maximum absolute atomic E-state index is 12.5. The first kappa shape index (κ1) is 16.9. The van der Waals surface area contributed by atoms with Crippen molar-refractivity contribution in [3.05, 3.63) is 94.5 Å². The van der Waals surface area contributed by atoms with Crippen molar-refractivity contribution < 1.29 is 13.6 Å². The molecule has 4 aromatic rings. The highest BCUT2D eigenvalue weighted by molar-refractivity contribution is 5.91. The number of furan rings is 2. The second-order valence-electron chi connectivity index (χ2n) is 6.31. The molecule has 0 aliphatic rings. The third-order valence-corrected chi connectivity index (χ3v) is 4.33. The van der Waals surface area contributed by atoms with Crippen LogP contribution in [0.3, 0.4) is 0 Å². The molecule has 6 nitrogen and oxygen atoms in total. The van der Waals surface area contributed by atoms with Crippen molar-refractivity contribution in [3.8, 4) is 0 Å². The standard InChI is InChI=1S/C21H18N2O4/c1-14(19-12-15-6-2-3-7-17(15)27-19)22-21(25)18-10-9-16(26-18)13-23-11-5-4-8-20(23)24/h2-12,14H,13H2,1H3,(H,22,25). The second kappa shape index (κ2) is 6.99. The number of amides is 1. The lowest BCUT2D eigenvalue weighted by atomic mass is 10.2. The zero-order valence-corrected chi connectivity index (χ0v) is 14.7. The van der Waals surface area contributed by atoms with Crippen LogP contribution >= 0.6 is 0 Å². The predicted octanol–water partition coefficient (Wildman–Crippen LogP) is 3.73. The third kappa shape index (κ3) is 3.55. The Kier molecular flexibility index (Phi) is 4.38. The van der Waals surface area contributed by atoms with Gasteiger partial charge in [0, 0.05) is 17.6 Å². The monoisotopic (exact) mass is 362 g/mol. The number of rotatable bonds is 5. The molecule has 0 bridgehead atoms. The van der Waals surface area contributed by atoms with Crippen LogP contribution in [0.5, 0.6) is 0 Å². The van der Waals surface area contributed by atoms with Crippen LogP contribution in [0.2, 0.25) is 0 Å². The van der Waals surface area contributed by atoms with Crippen LogP contribution in [0.15, 0.2) is 80.5 Å². The number of hydrogen-bond acceptors (Lipinski definition) is 4. The van der Waals surface area contributed by atoms with Gasteiger partial charge in [-0.25, -0.2) is 0 Å². The molecule has 4 rings (SSSR count). The molecule has 0 fully saturated rings. The summed E-state index contributed by atoms with van der Waals surface area (Å²) < 4.78 is 12.9. The van der Waals surface area contributed by atoms with Gasteiger partial charge in [0.1, 0.15) is 17.1 Å². The highest BCUT2D eigenvalue weighted by Crippen LogP contribution is 2.24. The predicted molar refractivity (Wildman–Crippen MR) is 101 cm³/mol. The van der Waals surface area contributed by atoms with Crippen LogP contribution in [0.25, 0.3) is 11.0 Å². The molecule has 6 heteroatoms. The molecule has 136 valence electrons. The smallest absolute Gasteiger partial charge is 0.287 e. The van der Waals surface area contributed by atoms with Crippen LogP contribution in [0, 0.1) is 0 Å². The summed E-state index contributed by atoms with van der Waals surface area (Å²) in [4.78, 5) is 24.2. The van der Waals surface area contributed by atoms with E-state index < -0.39 is 0 Å². The maximum atomic E-state index is 12.5. The average molecular weight is 362 g/mol. The minimum absolute atomic E-state index is 0.126. The first-order chi connectivity index (χ1) is 13.1. The van der Waals surface area contributed by atoms with Gasteiger partial charge in [0.2, 0.25) is 0 Å². The number of nitrogens with zero attached hydrogens (tertiary/aromatic N) is 1. The molecule has 1 N–H and O–H groups in total. The van der Waals surface area contributed by atoms with Crippen LogP contribution in [-0.2, 0) is 6.54 Å². The Bertz CT molecular complexity index is 1120. The van der Waals surface area contributed by atoms with Crippen LogP contribution in [0.1, 0.15) is 35.0 Å². The number of benzene rings is 1. The molecule has 3 heterocycles. The molecule has 0 saturated carbocycles. The Morgan fingerprint density at radius 3 is 2.70 bits per heavy atom. The molecule has 1 unspecified atom stereocenters. The number of carbonyl (C=O) groups is 1. The van der Waals surface area contributed by atoms with E-state index >= 15 is 0 Å². The van der Waals surface area contributed by atoms with E-state index in [1.165, 1.54) is 10.6 Å². The number of nitrogens with one attached hydrogen (secondary N) is 1. The molecule has 0 saturated heterocycles. The fraction of sp³-hybridized carbons (Fsp3) is 0.143. The lowest BCUT2D eigenvalue weighted by Gasteiger charge is -2.09. The number of pyridine rings is 1. The number of carbonyl (C=O) groups excluding carboxylic acids is 1. The minimum Gasteiger partial charge on any atom is -0.459 e. The van der Waals surface area contributed by atoms with E-state index in [2.05, 4.69) is 5.32 Å². The molecule has 1 aromatic carbocycles. The van der Waals surface area contributed by atoms with Crippen LogP contribution in [-0.4, -0.2) is 10.5 Å². The molecule has 27 heavy (non-hydrogen) atoms. The van der Waals surface area contributed by atoms with Gasteiger partial charge in [-0.1, -0.05) is 24.3 Å². The average Bonchev–Trinajstić information content (AvgIpc) is 3.30. The molecule has 0 radical (unpaired) electrons. The van der Waals surface area contributed by atoms with E-state index in [1.807, 2.05) is 37.3 Å². The van der Waals surface area contributed by atoms with Gasteiger partial charge in [0.25, 0.3) is 11.5 Å². The van der Waals surface area contributed by atoms with Gasteiger partial charge in [-0.2, -0.15) is 0 Å². The zero-order valence-electron chi connectivity index (χ0n) is 14.7. The van der Waals surface area contributed by atoms with E-state index in [1.54, 1.807) is 30.5 Å². The highest BCUT2D eigenvalue weighted by atomic mass is 16.4. The van der Waals surface area contributed by atoms with E-state index in [-0.39, 0.29) is 29.8 Å². The molecule has 0 aliphatic carbocycles. The summed E-state index contributed by atoms with van der Waals surface area (Å²) in [6, 6.07) is 17.5. The van der Waals surface area contributed by atoms with Crippen molar-refractivity contribution in [2.24, 2.45) is 0 Å². The third-order valence-electron chi connectivity index (χ3n) is 4.33. The van der Waals surface area contributed by atoms with Gasteiger partial charge in [0.05, 0.1) is 12.6 Å². The summed E-state index contributed by atoms with van der Waals surface area (Å²) in [6.07, 6.45) is 1.67. The molecule has 0 spiro atoms. The Labute approximate surface area is 155 Å². The van der Waals surface area contributed by atoms with Gasteiger partial charge in [-0.05, 0) is 37.3 Å².